The third kappa shape index (κ3) is 3.42. The number of hydrogen-bond acceptors (Lipinski definition) is 2. The summed E-state index contributed by atoms with van der Waals surface area (Å²) in [5.41, 5.74) is 3.98. The third-order valence-electron chi connectivity index (χ3n) is 2.09. The molecule has 0 atom stereocenters. The van der Waals surface area contributed by atoms with Gasteiger partial charge in [0.05, 0.1) is 5.22 Å². The number of anilines is 1. The molecule has 0 aliphatic heterocycles. The first-order valence-electron chi connectivity index (χ1n) is 5.00. The number of rotatable bonds is 3. The van der Waals surface area contributed by atoms with Crippen LogP contribution in [0.25, 0.3) is 0 Å². The first-order chi connectivity index (χ1) is 8.25. The summed E-state index contributed by atoms with van der Waals surface area (Å²) in [6.45, 7) is 0. The van der Waals surface area contributed by atoms with Gasteiger partial charge >= 0.3 is 0 Å². The molecule has 0 spiro atoms. The van der Waals surface area contributed by atoms with E-state index in [1.165, 1.54) is 0 Å². The Hall–Kier alpha value is -1.63. The summed E-state index contributed by atoms with van der Waals surface area (Å²) >= 11 is 2.22. The van der Waals surface area contributed by atoms with E-state index in [0.29, 0.717) is 10.5 Å². The molecule has 4 nitrogen and oxygen atoms in total. The van der Waals surface area contributed by atoms with Crippen LogP contribution in [0.15, 0.2) is 59.8 Å². The van der Waals surface area contributed by atoms with Crippen LogP contribution in [0, 0.1) is 8.78 Å². The summed E-state index contributed by atoms with van der Waals surface area (Å²) in [6, 6.07) is 16.4. The highest BCUT2D eigenvalue weighted by molar-refractivity contribution is 14.1. The Kier molecular flexibility index (Phi) is 3.92. The maximum absolute atomic E-state index is 11.6. The average molecular weight is 339 g/mol. The molecule has 86 valence electrons. The minimum Gasteiger partial charge on any atom is -0.691 e. The highest BCUT2D eigenvalue weighted by Crippen LogP contribution is 2.13. The standard InChI is InChI=1S/C12H10IN3O/c13-10-6-8-11(9-7-10)14-15-16(17)12-4-2-1-3-5-12/h1-9,14H/b16-15-. The Morgan fingerprint density at radius 1 is 1.00 bits per heavy atom. The molecule has 0 aliphatic rings. The van der Waals surface area contributed by atoms with Crippen LogP contribution < -0.4 is 5.43 Å². The molecule has 2 aromatic rings. The van der Waals surface area contributed by atoms with Crippen molar-refractivity contribution in [1.82, 2.24) is 0 Å². The zero-order valence-corrected chi connectivity index (χ0v) is 11.0. The lowest BCUT2D eigenvalue weighted by Gasteiger charge is -2.04. The molecule has 0 saturated heterocycles. The van der Waals surface area contributed by atoms with Gasteiger partial charge in [-0.2, -0.15) is 0 Å². The summed E-state index contributed by atoms with van der Waals surface area (Å²) in [5, 5.41) is 15.3. The fourth-order valence-electron chi connectivity index (χ4n) is 1.24. The molecule has 2 rings (SSSR count). The lowest BCUT2D eigenvalue weighted by Crippen LogP contribution is -1.97. The van der Waals surface area contributed by atoms with E-state index in [9.17, 15) is 5.21 Å². The lowest BCUT2D eigenvalue weighted by atomic mass is 10.3. The Balaban J connectivity index is 2.08. The van der Waals surface area contributed by atoms with Gasteiger partial charge in [-0.05, 0) is 59.0 Å². The molecule has 2 aromatic carbocycles. The maximum Gasteiger partial charge on any atom is 0.154 e. The maximum atomic E-state index is 11.6. The topological polar surface area (TPSA) is 50.5 Å². The van der Waals surface area contributed by atoms with Crippen molar-refractivity contribution in [1.29, 1.82) is 0 Å². The summed E-state index contributed by atoms with van der Waals surface area (Å²) in [7, 11) is 0. The first kappa shape index (κ1) is 11.8. The number of benzene rings is 2. The summed E-state index contributed by atoms with van der Waals surface area (Å²) in [4.78, 5) is 0.554. The van der Waals surface area contributed by atoms with Crippen molar-refractivity contribution in [2.24, 2.45) is 5.22 Å². The van der Waals surface area contributed by atoms with Gasteiger partial charge in [-0.3, -0.25) is 0 Å². The zero-order valence-electron chi connectivity index (χ0n) is 8.88. The molecule has 0 bridgehead atoms. The van der Waals surface area contributed by atoms with Gasteiger partial charge in [-0.1, -0.05) is 18.2 Å². The minimum atomic E-state index is 0.491. The van der Waals surface area contributed by atoms with Crippen LogP contribution in [0.2, 0.25) is 0 Å². The van der Waals surface area contributed by atoms with E-state index in [2.05, 4.69) is 33.2 Å². The molecule has 0 aliphatic carbocycles. The molecule has 0 heterocycles. The van der Waals surface area contributed by atoms with Crippen molar-refractivity contribution < 1.29 is 4.86 Å². The Morgan fingerprint density at radius 2 is 1.65 bits per heavy atom. The normalized spacial score (nSPS) is 11.2. The van der Waals surface area contributed by atoms with Gasteiger partial charge in [0.25, 0.3) is 0 Å². The fraction of sp³-hybridized carbons (Fsp3) is 0. The molecule has 0 fully saturated rings. The molecule has 0 amide bonds. The number of halogens is 1. The van der Waals surface area contributed by atoms with Crippen LogP contribution in [0.3, 0.4) is 0 Å². The largest absolute Gasteiger partial charge is 0.691 e. The fourth-order valence-corrected chi connectivity index (χ4v) is 1.60. The second-order valence-electron chi connectivity index (χ2n) is 3.33. The Bertz CT molecular complexity index is 511. The minimum absolute atomic E-state index is 0.491. The zero-order chi connectivity index (χ0) is 12.1. The van der Waals surface area contributed by atoms with E-state index in [0.717, 1.165) is 9.26 Å². The molecule has 0 radical (unpaired) electrons. The van der Waals surface area contributed by atoms with Gasteiger partial charge in [-0.15, -0.1) is 10.3 Å². The van der Waals surface area contributed by atoms with E-state index in [1.54, 1.807) is 24.3 Å². The molecular weight excluding hydrogens is 329 g/mol. The van der Waals surface area contributed by atoms with Crippen molar-refractivity contribution >= 4 is 34.0 Å². The van der Waals surface area contributed by atoms with Crippen LogP contribution in [0.1, 0.15) is 0 Å². The SMILES string of the molecule is [O-]/[N+](=N\Nc1ccc(I)cc1)c1ccccc1. The van der Waals surface area contributed by atoms with E-state index < -0.39 is 0 Å². The lowest BCUT2D eigenvalue weighted by molar-refractivity contribution is -0.439. The van der Waals surface area contributed by atoms with Crippen LogP contribution in [0.4, 0.5) is 11.4 Å². The van der Waals surface area contributed by atoms with Crippen molar-refractivity contribution in [2.45, 2.75) is 0 Å². The van der Waals surface area contributed by atoms with E-state index in [-0.39, 0.29) is 0 Å². The highest BCUT2D eigenvalue weighted by atomic mass is 127. The summed E-state index contributed by atoms with van der Waals surface area (Å²) in [5.74, 6) is 0. The molecule has 17 heavy (non-hydrogen) atoms. The van der Waals surface area contributed by atoms with Gasteiger partial charge in [0, 0.05) is 3.57 Å². The number of nitrogens with one attached hydrogen (secondary N) is 1. The molecule has 0 unspecified atom stereocenters. The predicted molar refractivity (Wildman–Crippen MR) is 74.9 cm³/mol. The number of para-hydroxylation sites is 1. The van der Waals surface area contributed by atoms with Crippen LogP contribution in [0.5, 0.6) is 0 Å². The van der Waals surface area contributed by atoms with Gasteiger partial charge < -0.3 is 5.21 Å². The number of hydrogen-bond donors (Lipinski definition) is 1. The quantitative estimate of drug-likeness (QED) is 0.399. The van der Waals surface area contributed by atoms with Gasteiger partial charge in [0.2, 0.25) is 0 Å². The van der Waals surface area contributed by atoms with Gasteiger partial charge in [0.15, 0.2) is 5.69 Å². The van der Waals surface area contributed by atoms with E-state index in [1.807, 2.05) is 30.3 Å². The summed E-state index contributed by atoms with van der Waals surface area (Å²) < 4.78 is 1.13. The second-order valence-corrected chi connectivity index (χ2v) is 4.57. The van der Waals surface area contributed by atoms with Crippen molar-refractivity contribution in [3.8, 4) is 0 Å². The van der Waals surface area contributed by atoms with Crippen LogP contribution in [-0.2, 0) is 0 Å². The second kappa shape index (κ2) is 5.62. The monoisotopic (exact) mass is 339 g/mol. The van der Waals surface area contributed by atoms with E-state index in [4.69, 9.17) is 0 Å². The molecule has 1 N–H and O–H groups in total. The Labute approximate surface area is 113 Å². The van der Waals surface area contributed by atoms with Gasteiger partial charge in [-0.25, -0.2) is 0 Å². The highest BCUT2D eigenvalue weighted by Gasteiger charge is 1.98. The van der Waals surface area contributed by atoms with Gasteiger partial charge in [0.1, 0.15) is 5.69 Å². The molecular formula is C12H10IN3O. The van der Waals surface area contributed by atoms with Crippen molar-refractivity contribution in [3.63, 3.8) is 0 Å². The predicted octanol–water partition coefficient (Wildman–Crippen LogP) is 3.91. The summed E-state index contributed by atoms with van der Waals surface area (Å²) in [6.07, 6.45) is 0. The van der Waals surface area contributed by atoms with Crippen LogP contribution in [-0.4, -0.2) is 4.86 Å². The third-order valence-corrected chi connectivity index (χ3v) is 2.81. The smallest absolute Gasteiger partial charge is 0.154 e. The molecule has 0 aromatic heterocycles. The van der Waals surface area contributed by atoms with Crippen molar-refractivity contribution in [2.75, 3.05) is 5.43 Å². The Morgan fingerprint density at radius 3 is 2.29 bits per heavy atom. The number of nitrogens with zero attached hydrogens (tertiary/aromatic N) is 2. The van der Waals surface area contributed by atoms with Crippen molar-refractivity contribution in [3.05, 3.63) is 63.4 Å². The first-order valence-corrected chi connectivity index (χ1v) is 6.08. The van der Waals surface area contributed by atoms with E-state index >= 15 is 0 Å². The average Bonchev–Trinajstić information content (AvgIpc) is 2.39. The molecule has 5 heteroatoms. The molecule has 0 saturated carbocycles. The van der Waals surface area contributed by atoms with Crippen LogP contribution >= 0.6 is 22.6 Å².